The molecule has 0 spiro atoms. The maximum Gasteiger partial charge on any atom is 0.325 e. The first kappa shape index (κ1) is 14.4. The Labute approximate surface area is 120 Å². The van der Waals surface area contributed by atoms with Crippen LogP contribution in [0.4, 0.5) is 20.0 Å². The maximum atomic E-state index is 12.7. The minimum absolute atomic E-state index is 0.347. The van der Waals surface area contributed by atoms with Gasteiger partial charge in [0.2, 0.25) is 5.13 Å². The van der Waals surface area contributed by atoms with E-state index in [1.54, 1.807) is 0 Å². The monoisotopic (exact) mass is 294 g/mol. The van der Waals surface area contributed by atoms with Crippen LogP contribution in [0.15, 0.2) is 24.3 Å². The molecule has 1 aromatic heterocycles. The number of nitrogens with zero attached hydrogens (tertiary/aromatic N) is 2. The fourth-order valence-electron chi connectivity index (χ4n) is 1.53. The number of urea groups is 1. The number of aromatic nitrogens is 2. The van der Waals surface area contributed by atoms with Crippen molar-refractivity contribution in [3.8, 4) is 0 Å². The molecule has 2 aromatic rings. The van der Waals surface area contributed by atoms with Gasteiger partial charge >= 0.3 is 6.03 Å². The topological polar surface area (TPSA) is 66.9 Å². The lowest BCUT2D eigenvalue weighted by molar-refractivity contribution is 0.262. The minimum Gasteiger partial charge on any atom is -0.308 e. The Hall–Kier alpha value is -2.02. The molecule has 0 aliphatic rings. The average molecular weight is 294 g/mol. The third-order valence-corrected chi connectivity index (χ3v) is 3.43. The summed E-state index contributed by atoms with van der Waals surface area (Å²) in [5.41, 5.74) is 0.514. The van der Waals surface area contributed by atoms with Gasteiger partial charge in [-0.05, 0) is 30.7 Å². The van der Waals surface area contributed by atoms with E-state index < -0.39 is 6.03 Å². The summed E-state index contributed by atoms with van der Waals surface area (Å²) in [4.78, 5) is 11.7. The van der Waals surface area contributed by atoms with E-state index >= 15 is 0 Å². The second-order valence-corrected chi connectivity index (χ2v) is 5.25. The summed E-state index contributed by atoms with van der Waals surface area (Å²) in [7, 11) is 0. The molecule has 2 rings (SSSR count). The molecule has 2 N–H and O–H groups in total. The molecule has 5 nitrogen and oxygen atoms in total. The van der Waals surface area contributed by atoms with Crippen LogP contribution in [0.25, 0.3) is 0 Å². The van der Waals surface area contributed by atoms with Crippen LogP contribution in [0.1, 0.15) is 24.8 Å². The molecular weight excluding hydrogens is 279 g/mol. The molecule has 2 amide bonds. The number of carbonyl (C=O) groups is 1. The van der Waals surface area contributed by atoms with Crippen LogP contribution in [-0.2, 0) is 6.42 Å². The Kier molecular flexibility index (Phi) is 5.00. The molecule has 7 heteroatoms. The Bertz CT molecular complexity index is 570. The SMILES string of the molecule is CCCCc1nnc(NC(=O)Nc2ccc(F)cc2)s1. The number of aryl methyl sites for hydroxylation is 1. The maximum absolute atomic E-state index is 12.7. The molecule has 0 saturated carbocycles. The van der Waals surface area contributed by atoms with E-state index in [1.807, 2.05) is 0 Å². The van der Waals surface area contributed by atoms with Crippen molar-refractivity contribution in [3.63, 3.8) is 0 Å². The van der Waals surface area contributed by atoms with Gasteiger partial charge in [0.1, 0.15) is 10.8 Å². The molecule has 0 atom stereocenters. The van der Waals surface area contributed by atoms with Gasteiger partial charge in [0.15, 0.2) is 0 Å². The van der Waals surface area contributed by atoms with Crippen molar-refractivity contribution < 1.29 is 9.18 Å². The highest BCUT2D eigenvalue weighted by atomic mass is 32.1. The predicted octanol–water partition coefficient (Wildman–Crippen LogP) is 3.66. The predicted molar refractivity (Wildman–Crippen MR) is 77.6 cm³/mol. The number of amides is 2. The Morgan fingerprint density at radius 2 is 2.00 bits per heavy atom. The van der Waals surface area contributed by atoms with Crippen LogP contribution < -0.4 is 10.6 Å². The third kappa shape index (κ3) is 4.27. The quantitative estimate of drug-likeness (QED) is 0.884. The van der Waals surface area contributed by atoms with E-state index in [2.05, 4.69) is 27.8 Å². The van der Waals surface area contributed by atoms with Crippen molar-refractivity contribution >= 4 is 28.2 Å². The summed E-state index contributed by atoms with van der Waals surface area (Å²) in [6.07, 6.45) is 3.01. The number of carbonyl (C=O) groups excluding carboxylic acids is 1. The Balaban J connectivity index is 1.87. The summed E-state index contributed by atoms with van der Waals surface area (Å²) >= 11 is 1.36. The molecule has 0 aliphatic carbocycles. The number of halogens is 1. The zero-order chi connectivity index (χ0) is 14.4. The van der Waals surface area contributed by atoms with Gasteiger partial charge in [-0.15, -0.1) is 10.2 Å². The van der Waals surface area contributed by atoms with Crippen LogP contribution in [0.3, 0.4) is 0 Å². The molecule has 0 unspecified atom stereocenters. The van der Waals surface area contributed by atoms with Crippen molar-refractivity contribution in [3.05, 3.63) is 35.1 Å². The fraction of sp³-hybridized carbons (Fsp3) is 0.308. The summed E-state index contributed by atoms with van der Waals surface area (Å²) in [6.45, 7) is 2.11. The number of hydrogen-bond acceptors (Lipinski definition) is 4. The zero-order valence-corrected chi connectivity index (χ0v) is 11.8. The second kappa shape index (κ2) is 6.95. The van der Waals surface area contributed by atoms with E-state index in [9.17, 15) is 9.18 Å². The summed E-state index contributed by atoms with van der Waals surface area (Å²) < 4.78 is 12.7. The van der Waals surface area contributed by atoms with Gasteiger partial charge in [-0.25, -0.2) is 9.18 Å². The third-order valence-electron chi connectivity index (χ3n) is 2.53. The van der Waals surface area contributed by atoms with Crippen LogP contribution in [0.2, 0.25) is 0 Å². The molecule has 0 bridgehead atoms. The van der Waals surface area contributed by atoms with E-state index in [0.29, 0.717) is 10.8 Å². The highest BCUT2D eigenvalue weighted by molar-refractivity contribution is 7.15. The minimum atomic E-state index is -0.421. The summed E-state index contributed by atoms with van der Waals surface area (Å²) in [5, 5.41) is 14.5. The van der Waals surface area contributed by atoms with E-state index in [4.69, 9.17) is 0 Å². The van der Waals surface area contributed by atoms with Crippen LogP contribution in [0.5, 0.6) is 0 Å². The second-order valence-electron chi connectivity index (χ2n) is 4.19. The Morgan fingerprint density at radius 1 is 1.25 bits per heavy atom. The van der Waals surface area contributed by atoms with Crippen LogP contribution in [0, 0.1) is 5.82 Å². The number of rotatable bonds is 5. The lowest BCUT2D eigenvalue weighted by atomic mass is 10.3. The van der Waals surface area contributed by atoms with E-state index in [-0.39, 0.29) is 5.82 Å². The summed E-state index contributed by atoms with van der Waals surface area (Å²) in [5.74, 6) is -0.347. The highest BCUT2D eigenvalue weighted by Gasteiger charge is 2.08. The van der Waals surface area contributed by atoms with Gasteiger partial charge < -0.3 is 5.32 Å². The van der Waals surface area contributed by atoms with E-state index in [1.165, 1.54) is 35.6 Å². The van der Waals surface area contributed by atoms with Gasteiger partial charge in [-0.3, -0.25) is 5.32 Å². The molecule has 0 radical (unpaired) electrons. The molecule has 0 aliphatic heterocycles. The highest BCUT2D eigenvalue weighted by Crippen LogP contribution is 2.17. The van der Waals surface area contributed by atoms with Gasteiger partial charge in [0, 0.05) is 12.1 Å². The van der Waals surface area contributed by atoms with Gasteiger partial charge in [-0.2, -0.15) is 0 Å². The first-order chi connectivity index (χ1) is 9.67. The molecule has 106 valence electrons. The van der Waals surface area contributed by atoms with Crippen molar-refractivity contribution in [1.82, 2.24) is 10.2 Å². The van der Waals surface area contributed by atoms with Crippen molar-refractivity contribution in [2.45, 2.75) is 26.2 Å². The van der Waals surface area contributed by atoms with Crippen molar-refractivity contribution in [1.29, 1.82) is 0 Å². The largest absolute Gasteiger partial charge is 0.325 e. The summed E-state index contributed by atoms with van der Waals surface area (Å²) in [6, 6.07) is 5.12. The van der Waals surface area contributed by atoms with Gasteiger partial charge in [-0.1, -0.05) is 24.7 Å². The number of hydrogen-bond donors (Lipinski definition) is 2. The number of unbranched alkanes of at least 4 members (excludes halogenated alkanes) is 1. The van der Waals surface area contributed by atoms with Crippen LogP contribution in [-0.4, -0.2) is 16.2 Å². The molecule has 20 heavy (non-hydrogen) atoms. The van der Waals surface area contributed by atoms with Gasteiger partial charge in [0.05, 0.1) is 0 Å². The molecule has 0 saturated heterocycles. The van der Waals surface area contributed by atoms with Crippen molar-refractivity contribution in [2.24, 2.45) is 0 Å². The van der Waals surface area contributed by atoms with Crippen molar-refractivity contribution in [2.75, 3.05) is 10.6 Å². The first-order valence-electron chi connectivity index (χ1n) is 6.33. The van der Waals surface area contributed by atoms with E-state index in [0.717, 1.165) is 24.3 Å². The first-order valence-corrected chi connectivity index (χ1v) is 7.15. The normalized spacial score (nSPS) is 10.3. The van der Waals surface area contributed by atoms with Gasteiger partial charge in [0.25, 0.3) is 0 Å². The number of nitrogens with one attached hydrogen (secondary N) is 2. The molecule has 1 aromatic carbocycles. The molecule has 1 heterocycles. The Morgan fingerprint density at radius 3 is 2.70 bits per heavy atom. The smallest absolute Gasteiger partial charge is 0.308 e. The fourth-order valence-corrected chi connectivity index (χ4v) is 2.30. The lowest BCUT2D eigenvalue weighted by Crippen LogP contribution is -2.19. The average Bonchev–Trinajstić information content (AvgIpc) is 2.86. The number of benzene rings is 1. The lowest BCUT2D eigenvalue weighted by Gasteiger charge is -2.04. The standard InChI is InChI=1S/C13H15FN4OS/c1-2-3-4-11-17-18-13(20-11)16-12(19)15-10-7-5-9(14)6-8-10/h5-8H,2-4H2,1H3,(H2,15,16,18,19). The number of anilines is 2. The molecular formula is C13H15FN4OS. The molecule has 0 fully saturated rings. The van der Waals surface area contributed by atoms with Crippen LogP contribution >= 0.6 is 11.3 Å². The zero-order valence-electron chi connectivity index (χ0n) is 11.0.